The maximum absolute atomic E-state index is 5.24. The van der Waals surface area contributed by atoms with Gasteiger partial charge >= 0.3 is 0 Å². The van der Waals surface area contributed by atoms with E-state index in [1.54, 1.807) is 7.11 Å². The highest BCUT2D eigenvalue weighted by Crippen LogP contribution is 2.23. The van der Waals surface area contributed by atoms with E-state index in [1.807, 2.05) is 12.1 Å². The lowest BCUT2D eigenvalue weighted by molar-refractivity contribution is 0.0991. The minimum atomic E-state index is 0.701. The molecule has 0 amide bonds. The molecule has 2 aliphatic heterocycles. The molecule has 0 aliphatic carbocycles. The number of nitrogens with zero attached hydrogens (tertiary/aromatic N) is 3. The van der Waals surface area contributed by atoms with Crippen LogP contribution in [0.2, 0.25) is 0 Å². The summed E-state index contributed by atoms with van der Waals surface area (Å²) in [6.45, 7) is 10.3. The van der Waals surface area contributed by atoms with E-state index in [2.05, 4.69) is 70.2 Å². The average molecular weight is 406 g/mol. The largest absolute Gasteiger partial charge is 0.497 e. The summed E-state index contributed by atoms with van der Waals surface area (Å²) in [4.78, 5) is 7.90. The number of benzene rings is 2. The van der Waals surface area contributed by atoms with Gasteiger partial charge in [-0.25, -0.2) is 0 Å². The Morgan fingerprint density at radius 3 is 2.47 bits per heavy atom. The van der Waals surface area contributed by atoms with E-state index >= 15 is 0 Å². The molecule has 1 atom stereocenters. The van der Waals surface area contributed by atoms with Crippen molar-refractivity contribution in [1.82, 2.24) is 9.80 Å². The van der Waals surface area contributed by atoms with Crippen LogP contribution in [0.5, 0.6) is 5.75 Å². The topological polar surface area (TPSA) is 19.0 Å². The molecule has 2 heterocycles. The van der Waals surface area contributed by atoms with E-state index in [0.717, 1.165) is 25.4 Å². The first-order chi connectivity index (χ1) is 14.7. The fraction of sp³-hybridized carbons (Fsp3) is 0.462. The van der Waals surface area contributed by atoms with E-state index in [9.17, 15) is 0 Å². The van der Waals surface area contributed by atoms with Gasteiger partial charge in [-0.2, -0.15) is 0 Å². The van der Waals surface area contributed by atoms with E-state index < -0.39 is 0 Å². The zero-order valence-electron chi connectivity index (χ0n) is 18.5. The maximum atomic E-state index is 5.24. The molecule has 0 radical (unpaired) electrons. The standard InChI is InChI=1S/C26H35N3O/c1-22-7-3-4-10-26(22)29-19-17-28(18-20-29)24-9-6-16-27(21-24)15-5-8-23-11-13-25(30-2)14-12-23/h3-5,7-8,10-14,24H,6,9,15-21H2,1-2H3/b8-5+/t24-/m0/s1. The number of rotatable bonds is 6. The van der Waals surface area contributed by atoms with Crippen LogP contribution < -0.4 is 9.64 Å². The minimum Gasteiger partial charge on any atom is -0.497 e. The Kier molecular flexibility index (Phi) is 7.08. The minimum absolute atomic E-state index is 0.701. The maximum Gasteiger partial charge on any atom is 0.118 e. The number of piperazine rings is 1. The Morgan fingerprint density at radius 1 is 0.967 bits per heavy atom. The number of piperidine rings is 1. The number of anilines is 1. The van der Waals surface area contributed by atoms with Gasteiger partial charge in [-0.3, -0.25) is 9.80 Å². The van der Waals surface area contributed by atoms with Gasteiger partial charge in [-0.1, -0.05) is 42.5 Å². The summed E-state index contributed by atoms with van der Waals surface area (Å²) in [7, 11) is 1.71. The molecule has 0 saturated carbocycles. The number of hydrogen-bond donors (Lipinski definition) is 0. The van der Waals surface area contributed by atoms with Crippen molar-refractivity contribution in [2.45, 2.75) is 25.8 Å². The predicted molar refractivity (Wildman–Crippen MR) is 126 cm³/mol. The lowest BCUT2D eigenvalue weighted by Gasteiger charge is -2.44. The fourth-order valence-corrected chi connectivity index (χ4v) is 4.79. The van der Waals surface area contributed by atoms with Crippen LogP contribution in [0.1, 0.15) is 24.0 Å². The van der Waals surface area contributed by atoms with E-state index in [1.165, 1.54) is 55.8 Å². The summed E-state index contributed by atoms with van der Waals surface area (Å²) >= 11 is 0. The van der Waals surface area contributed by atoms with Crippen molar-refractivity contribution in [1.29, 1.82) is 0 Å². The first-order valence-corrected chi connectivity index (χ1v) is 11.3. The molecule has 4 heteroatoms. The van der Waals surface area contributed by atoms with Crippen LogP contribution in [0, 0.1) is 6.92 Å². The first-order valence-electron chi connectivity index (χ1n) is 11.3. The van der Waals surface area contributed by atoms with Gasteiger partial charge in [-0.15, -0.1) is 0 Å². The highest BCUT2D eigenvalue weighted by atomic mass is 16.5. The van der Waals surface area contributed by atoms with Gasteiger partial charge in [0.15, 0.2) is 0 Å². The molecular weight excluding hydrogens is 370 g/mol. The third-order valence-corrected chi connectivity index (χ3v) is 6.56. The second-order valence-corrected chi connectivity index (χ2v) is 8.54. The smallest absolute Gasteiger partial charge is 0.118 e. The summed E-state index contributed by atoms with van der Waals surface area (Å²) in [5.74, 6) is 0.911. The molecule has 2 fully saturated rings. The number of methoxy groups -OCH3 is 1. The van der Waals surface area contributed by atoms with Crippen molar-refractivity contribution >= 4 is 11.8 Å². The fourth-order valence-electron chi connectivity index (χ4n) is 4.79. The molecule has 0 N–H and O–H groups in total. The van der Waals surface area contributed by atoms with E-state index in [0.29, 0.717) is 6.04 Å². The summed E-state index contributed by atoms with van der Waals surface area (Å²) in [5, 5.41) is 0. The second-order valence-electron chi connectivity index (χ2n) is 8.54. The van der Waals surface area contributed by atoms with Crippen molar-refractivity contribution < 1.29 is 4.74 Å². The van der Waals surface area contributed by atoms with Crippen LogP contribution in [0.3, 0.4) is 0 Å². The highest BCUT2D eigenvalue weighted by molar-refractivity contribution is 5.53. The van der Waals surface area contributed by atoms with E-state index in [4.69, 9.17) is 4.74 Å². The molecule has 160 valence electrons. The summed E-state index contributed by atoms with van der Waals surface area (Å²) in [6.07, 6.45) is 7.17. The summed E-state index contributed by atoms with van der Waals surface area (Å²) in [5.41, 5.74) is 4.03. The molecular formula is C26H35N3O. The predicted octanol–water partition coefficient (Wildman–Crippen LogP) is 4.30. The Bertz CT molecular complexity index is 824. The summed E-state index contributed by atoms with van der Waals surface area (Å²) in [6, 6.07) is 17.8. The normalized spacial score (nSPS) is 21.3. The van der Waals surface area contributed by atoms with Crippen molar-refractivity contribution in [3.8, 4) is 5.75 Å². The SMILES string of the molecule is COc1ccc(/C=C/CN2CCC[C@H](N3CCN(c4ccccc4C)CC3)C2)cc1. The van der Waals surface area contributed by atoms with Gasteiger partial charge in [0, 0.05) is 51.0 Å². The van der Waals surface area contributed by atoms with Crippen molar-refractivity contribution in [2.75, 3.05) is 57.8 Å². The molecule has 30 heavy (non-hydrogen) atoms. The average Bonchev–Trinajstić information content (AvgIpc) is 2.80. The van der Waals surface area contributed by atoms with E-state index in [-0.39, 0.29) is 0 Å². The molecule has 0 bridgehead atoms. The molecule has 0 aromatic heterocycles. The molecule has 2 aliphatic rings. The number of likely N-dealkylation sites (tertiary alicyclic amines) is 1. The second kappa shape index (κ2) is 10.1. The Labute approximate surface area is 181 Å². The van der Waals surface area contributed by atoms with Crippen LogP contribution in [0.4, 0.5) is 5.69 Å². The van der Waals surface area contributed by atoms with Gasteiger partial charge in [0.25, 0.3) is 0 Å². The van der Waals surface area contributed by atoms with Gasteiger partial charge in [0.05, 0.1) is 7.11 Å². The Balaban J connectivity index is 1.26. The van der Waals surface area contributed by atoms with Crippen LogP contribution in [-0.2, 0) is 0 Å². The molecule has 4 rings (SSSR count). The molecule has 2 aromatic rings. The molecule has 4 nitrogen and oxygen atoms in total. The molecule has 0 unspecified atom stereocenters. The lowest BCUT2D eigenvalue weighted by atomic mass is 10.0. The Hall–Kier alpha value is -2.30. The molecule has 2 saturated heterocycles. The van der Waals surface area contributed by atoms with Crippen LogP contribution in [-0.4, -0.2) is 68.8 Å². The van der Waals surface area contributed by atoms with Gasteiger partial charge < -0.3 is 9.64 Å². The monoisotopic (exact) mass is 405 g/mol. The number of ether oxygens (including phenoxy) is 1. The highest BCUT2D eigenvalue weighted by Gasteiger charge is 2.28. The van der Waals surface area contributed by atoms with Gasteiger partial charge in [0.2, 0.25) is 0 Å². The van der Waals surface area contributed by atoms with Crippen LogP contribution >= 0.6 is 0 Å². The Morgan fingerprint density at radius 2 is 1.73 bits per heavy atom. The van der Waals surface area contributed by atoms with Crippen LogP contribution in [0.15, 0.2) is 54.6 Å². The zero-order valence-corrected chi connectivity index (χ0v) is 18.5. The third kappa shape index (κ3) is 5.24. The van der Waals surface area contributed by atoms with Crippen molar-refractivity contribution in [3.05, 3.63) is 65.7 Å². The summed E-state index contributed by atoms with van der Waals surface area (Å²) < 4.78 is 5.24. The first kappa shape index (κ1) is 21.0. The number of para-hydroxylation sites is 1. The number of aryl methyl sites for hydroxylation is 1. The number of hydrogen-bond acceptors (Lipinski definition) is 4. The lowest BCUT2D eigenvalue weighted by Crippen LogP contribution is -2.55. The van der Waals surface area contributed by atoms with Crippen LogP contribution in [0.25, 0.3) is 6.08 Å². The molecule has 0 spiro atoms. The van der Waals surface area contributed by atoms with Gasteiger partial charge in [0.1, 0.15) is 5.75 Å². The quantitative estimate of drug-likeness (QED) is 0.713. The molecule has 2 aromatic carbocycles. The van der Waals surface area contributed by atoms with Crippen molar-refractivity contribution in [2.24, 2.45) is 0 Å². The van der Waals surface area contributed by atoms with Gasteiger partial charge in [-0.05, 0) is 55.6 Å². The zero-order chi connectivity index (χ0) is 20.8. The van der Waals surface area contributed by atoms with Crippen molar-refractivity contribution in [3.63, 3.8) is 0 Å². The third-order valence-electron chi connectivity index (χ3n) is 6.56.